The van der Waals surface area contributed by atoms with E-state index >= 15 is 0 Å². The van der Waals surface area contributed by atoms with Crippen LogP contribution in [0.4, 0.5) is 0 Å². The van der Waals surface area contributed by atoms with Gasteiger partial charge in [0.15, 0.2) is 0 Å². The first-order valence-electron chi connectivity index (χ1n) is 8.43. The highest BCUT2D eigenvalue weighted by atomic mass is 35.5. The summed E-state index contributed by atoms with van der Waals surface area (Å²) < 4.78 is 4.18. The van der Waals surface area contributed by atoms with E-state index in [-0.39, 0.29) is 18.2 Å². The van der Waals surface area contributed by atoms with Crippen LogP contribution in [0, 0.1) is 5.41 Å². The molecule has 0 aliphatic rings. The van der Waals surface area contributed by atoms with Crippen molar-refractivity contribution < 1.29 is 0 Å². The zero-order valence-electron chi connectivity index (χ0n) is 15.0. The first-order valence-corrected chi connectivity index (χ1v) is 8.43. The van der Waals surface area contributed by atoms with E-state index < -0.39 is 0 Å². The second kappa shape index (κ2) is 7.63. The average molecular weight is 381 g/mol. The normalized spacial score (nSPS) is 10.7. The van der Waals surface area contributed by atoms with Crippen molar-refractivity contribution in [3.63, 3.8) is 0 Å². The molecule has 0 bridgehead atoms. The lowest BCUT2D eigenvalue weighted by Gasteiger charge is -2.05. The number of nitrogens with two attached hydrogens (primary N) is 1. The van der Waals surface area contributed by atoms with Crippen molar-refractivity contribution in [2.75, 3.05) is 0 Å². The van der Waals surface area contributed by atoms with Gasteiger partial charge in [0.05, 0.1) is 17.4 Å². The molecule has 2 heterocycles. The first kappa shape index (κ1) is 18.7. The van der Waals surface area contributed by atoms with Gasteiger partial charge >= 0.3 is 0 Å². The molecule has 0 spiro atoms. The minimum atomic E-state index is 0. The van der Waals surface area contributed by atoms with E-state index in [1.54, 1.807) is 6.20 Å². The van der Waals surface area contributed by atoms with Crippen LogP contribution in [0.25, 0.3) is 11.0 Å². The number of fused-ring (bicyclic) bond motifs is 1. The number of nitrogen functional groups attached to an aromatic ring is 1. The van der Waals surface area contributed by atoms with Gasteiger partial charge < -0.3 is 14.9 Å². The van der Waals surface area contributed by atoms with Crippen LogP contribution in [-0.4, -0.2) is 24.9 Å². The lowest BCUT2D eigenvalue weighted by Crippen LogP contribution is -2.10. The predicted octanol–water partition coefficient (Wildman–Crippen LogP) is 3.11. The Morgan fingerprint density at radius 2 is 1.85 bits per heavy atom. The van der Waals surface area contributed by atoms with Gasteiger partial charge in [-0.25, -0.2) is 9.97 Å². The molecule has 0 atom stereocenters. The third-order valence-corrected chi connectivity index (χ3v) is 4.59. The third kappa shape index (κ3) is 3.85. The standard InChI is InChI=1S/C20H20N6.ClH/c1-25-18-7-4-15(12-26-9-8-23-13-26)10-17(18)24-19(25)11-14-2-5-16(6-3-14)20(21)22;/h2-10,13H,11-12H2,1H3,(H3,21,22);1H. The number of hydrogen-bond donors (Lipinski definition) is 2. The molecule has 7 heteroatoms. The molecular formula is C20H21ClN6. The number of hydrogen-bond acceptors (Lipinski definition) is 3. The summed E-state index contributed by atoms with van der Waals surface area (Å²) in [6.07, 6.45) is 6.30. The van der Waals surface area contributed by atoms with Crippen LogP contribution >= 0.6 is 12.4 Å². The molecule has 0 radical (unpaired) electrons. The van der Waals surface area contributed by atoms with Crippen LogP contribution in [0.15, 0.2) is 61.2 Å². The number of rotatable bonds is 5. The summed E-state index contributed by atoms with van der Waals surface area (Å²) in [4.78, 5) is 8.91. The fraction of sp³-hybridized carbons (Fsp3) is 0.150. The Balaban J connectivity index is 0.00000210. The van der Waals surface area contributed by atoms with Gasteiger partial charge in [-0.2, -0.15) is 0 Å². The molecule has 0 fully saturated rings. The summed E-state index contributed by atoms with van der Waals surface area (Å²) in [5.74, 6) is 1.10. The summed E-state index contributed by atoms with van der Waals surface area (Å²) in [6, 6.07) is 14.2. The van der Waals surface area contributed by atoms with Crippen molar-refractivity contribution in [3.05, 3.63) is 83.7 Å². The lowest BCUT2D eigenvalue weighted by molar-refractivity contribution is 0.798. The first-order chi connectivity index (χ1) is 12.6. The maximum Gasteiger partial charge on any atom is 0.122 e. The molecule has 0 unspecified atom stereocenters. The highest BCUT2D eigenvalue weighted by Gasteiger charge is 2.10. The predicted molar refractivity (Wildman–Crippen MR) is 110 cm³/mol. The van der Waals surface area contributed by atoms with E-state index in [0.717, 1.165) is 41.0 Å². The molecule has 0 aliphatic carbocycles. The van der Waals surface area contributed by atoms with Crippen LogP contribution in [0.5, 0.6) is 0 Å². The summed E-state index contributed by atoms with van der Waals surface area (Å²) in [6.45, 7) is 0.786. The van der Waals surface area contributed by atoms with Crippen LogP contribution in [0.2, 0.25) is 0 Å². The topological polar surface area (TPSA) is 85.5 Å². The Bertz CT molecular complexity index is 1060. The Hall–Kier alpha value is -3.12. The summed E-state index contributed by atoms with van der Waals surface area (Å²) in [5, 5.41) is 7.48. The van der Waals surface area contributed by atoms with Gasteiger partial charge in [-0.1, -0.05) is 30.3 Å². The molecule has 0 aliphatic heterocycles. The average Bonchev–Trinajstić information content (AvgIpc) is 3.24. The fourth-order valence-corrected chi connectivity index (χ4v) is 3.13. The molecule has 27 heavy (non-hydrogen) atoms. The molecule has 6 nitrogen and oxygen atoms in total. The van der Waals surface area contributed by atoms with Gasteiger partial charge in [-0.15, -0.1) is 12.4 Å². The molecule has 0 amide bonds. The number of nitrogens with one attached hydrogen (secondary N) is 1. The van der Waals surface area contributed by atoms with Crippen LogP contribution in [0.3, 0.4) is 0 Å². The number of amidine groups is 1. The lowest BCUT2D eigenvalue weighted by atomic mass is 10.1. The second-order valence-electron chi connectivity index (χ2n) is 6.43. The molecule has 2 aromatic carbocycles. The SMILES string of the molecule is Cl.Cn1c(Cc2ccc(C(=N)N)cc2)nc2cc(Cn3ccnc3)ccc21. The van der Waals surface area contributed by atoms with Gasteiger partial charge in [0, 0.05) is 38.0 Å². The molecular weight excluding hydrogens is 360 g/mol. The number of benzene rings is 2. The van der Waals surface area contributed by atoms with Crippen LogP contribution in [0.1, 0.15) is 22.5 Å². The molecule has 2 aromatic heterocycles. The largest absolute Gasteiger partial charge is 0.384 e. The quantitative estimate of drug-likeness (QED) is 0.412. The Labute approximate surface area is 163 Å². The summed E-state index contributed by atoms with van der Waals surface area (Å²) >= 11 is 0. The summed E-state index contributed by atoms with van der Waals surface area (Å²) in [5.41, 5.74) is 10.7. The Kier molecular flexibility index (Phi) is 5.28. The molecule has 4 aromatic rings. The minimum Gasteiger partial charge on any atom is -0.384 e. The molecule has 138 valence electrons. The maximum absolute atomic E-state index is 7.48. The van der Waals surface area contributed by atoms with E-state index in [4.69, 9.17) is 16.1 Å². The van der Waals surface area contributed by atoms with Crippen molar-refractivity contribution in [3.8, 4) is 0 Å². The van der Waals surface area contributed by atoms with Gasteiger partial charge in [-0.3, -0.25) is 5.41 Å². The van der Waals surface area contributed by atoms with Gasteiger partial charge in [0.2, 0.25) is 0 Å². The van der Waals surface area contributed by atoms with Crippen LogP contribution in [-0.2, 0) is 20.0 Å². The van der Waals surface area contributed by atoms with Crippen LogP contribution < -0.4 is 5.73 Å². The zero-order chi connectivity index (χ0) is 18.1. The van der Waals surface area contributed by atoms with E-state index in [1.165, 1.54) is 5.56 Å². The van der Waals surface area contributed by atoms with E-state index in [0.29, 0.717) is 0 Å². The fourth-order valence-electron chi connectivity index (χ4n) is 3.13. The molecule has 0 saturated heterocycles. The third-order valence-electron chi connectivity index (χ3n) is 4.59. The number of aryl methyl sites for hydroxylation is 1. The van der Waals surface area contributed by atoms with Crippen molar-refractivity contribution in [1.29, 1.82) is 5.41 Å². The number of imidazole rings is 2. The molecule has 4 rings (SSSR count). The minimum absolute atomic E-state index is 0. The number of halogens is 1. The van der Waals surface area contributed by atoms with Crippen molar-refractivity contribution in [2.24, 2.45) is 12.8 Å². The molecule has 0 saturated carbocycles. The maximum atomic E-state index is 7.48. The monoisotopic (exact) mass is 380 g/mol. The molecule has 3 N–H and O–H groups in total. The zero-order valence-corrected chi connectivity index (χ0v) is 15.8. The highest BCUT2D eigenvalue weighted by molar-refractivity contribution is 5.94. The van der Waals surface area contributed by atoms with Gasteiger partial charge in [0.1, 0.15) is 11.7 Å². The smallest absolute Gasteiger partial charge is 0.122 e. The van der Waals surface area contributed by atoms with Crippen molar-refractivity contribution in [1.82, 2.24) is 19.1 Å². The van der Waals surface area contributed by atoms with Gasteiger partial charge in [-0.05, 0) is 23.3 Å². The number of nitrogens with zero attached hydrogens (tertiary/aromatic N) is 4. The van der Waals surface area contributed by atoms with Gasteiger partial charge in [0.25, 0.3) is 0 Å². The van der Waals surface area contributed by atoms with E-state index in [2.05, 4.69) is 27.8 Å². The van der Waals surface area contributed by atoms with E-state index in [1.807, 2.05) is 48.4 Å². The van der Waals surface area contributed by atoms with Crippen molar-refractivity contribution >= 4 is 29.3 Å². The van der Waals surface area contributed by atoms with Crippen molar-refractivity contribution in [2.45, 2.75) is 13.0 Å². The Morgan fingerprint density at radius 1 is 1.11 bits per heavy atom. The highest BCUT2D eigenvalue weighted by Crippen LogP contribution is 2.19. The number of aromatic nitrogens is 4. The summed E-state index contributed by atoms with van der Waals surface area (Å²) in [7, 11) is 2.05. The van der Waals surface area contributed by atoms with E-state index in [9.17, 15) is 0 Å². The second-order valence-corrected chi connectivity index (χ2v) is 6.43. The Morgan fingerprint density at radius 3 is 2.52 bits per heavy atom.